The molecule has 0 radical (unpaired) electrons. The van der Waals surface area contributed by atoms with Gasteiger partial charge in [0.05, 0.1) is 6.26 Å². The zero-order valence-corrected chi connectivity index (χ0v) is 9.55. The van der Waals surface area contributed by atoms with Crippen LogP contribution in [0.5, 0.6) is 0 Å². The van der Waals surface area contributed by atoms with Crippen LogP contribution < -0.4 is 0 Å². The third kappa shape index (κ3) is 1.37. The van der Waals surface area contributed by atoms with E-state index in [-0.39, 0.29) is 0 Å². The van der Waals surface area contributed by atoms with Crippen molar-refractivity contribution < 1.29 is 4.42 Å². The van der Waals surface area contributed by atoms with Crippen LogP contribution in [0.15, 0.2) is 22.3 Å². The lowest BCUT2D eigenvalue weighted by atomic mass is 9.87. The molecule has 0 aromatic carbocycles. The molecule has 1 aromatic heterocycles. The molecule has 0 aliphatic heterocycles. The van der Waals surface area contributed by atoms with E-state index in [1.165, 1.54) is 29.7 Å². The Labute approximate surface area is 91.2 Å². The van der Waals surface area contributed by atoms with E-state index in [2.05, 4.69) is 19.9 Å². The number of hydrogen-bond acceptors (Lipinski definition) is 1. The third-order valence-corrected chi connectivity index (χ3v) is 4.13. The molecule has 0 N–H and O–H groups in total. The highest BCUT2D eigenvalue weighted by Crippen LogP contribution is 2.40. The largest absolute Gasteiger partial charge is 0.469 e. The molecule has 2 aliphatic rings. The first-order valence-electron chi connectivity index (χ1n) is 6.00. The van der Waals surface area contributed by atoms with Gasteiger partial charge >= 0.3 is 0 Å². The predicted molar refractivity (Wildman–Crippen MR) is 60.8 cm³/mol. The lowest BCUT2D eigenvalue weighted by molar-refractivity contribution is 0.376. The van der Waals surface area contributed by atoms with E-state index in [9.17, 15) is 0 Å². The fourth-order valence-corrected chi connectivity index (χ4v) is 3.21. The fraction of sp³-hybridized carbons (Fsp3) is 0.571. The summed E-state index contributed by atoms with van der Waals surface area (Å²) >= 11 is 0. The zero-order valence-electron chi connectivity index (χ0n) is 9.55. The summed E-state index contributed by atoms with van der Waals surface area (Å²) < 4.78 is 5.68. The molecule has 0 amide bonds. The maximum absolute atomic E-state index is 5.68. The molecule has 2 atom stereocenters. The fourth-order valence-electron chi connectivity index (χ4n) is 3.21. The van der Waals surface area contributed by atoms with Gasteiger partial charge in [0, 0.05) is 12.0 Å². The Bertz CT molecular complexity index is 411. The first-order chi connectivity index (χ1) is 7.25. The minimum atomic E-state index is 0.755. The SMILES string of the molecule is Cc1coc2c1CC1=CCCC1C(C)C2. The maximum Gasteiger partial charge on any atom is 0.107 e. The Balaban J connectivity index is 2.05. The third-order valence-electron chi connectivity index (χ3n) is 4.13. The van der Waals surface area contributed by atoms with Crippen LogP contribution in [0.3, 0.4) is 0 Å². The van der Waals surface area contributed by atoms with Gasteiger partial charge in [0.2, 0.25) is 0 Å². The van der Waals surface area contributed by atoms with E-state index < -0.39 is 0 Å². The lowest BCUT2D eigenvalue weighted by Gasteiger charge is -2.18. The Morgan fingerprint density at radius 3 is 3.13 bits per heavy atom. The average Bonchev–Trinajstić information content (AvgIpc) is 2.76. The number of rotatable bonds is 0. The van der Waals surface area contributed by atoms with Crippen LogP contribution in [-0.4, -0.2) is 0 Å². The average molecular weight is 202 g/mol. The van der Waals surface area contributed by atoms with Crippen molar-refractivity contribution in [1.29, 1.82) is 0 Å². The van der Waals surface area contributed by atoms with Gasteiger partial charge in [-0.3, -0.25) is 0 Å². The topological polar surface area (TPSA) is 13.1 Å². The van der Waals surface area contributed by atoms with Crippen molar-refractivity contribution in [2.24, 2.45) is 11.8 Å². The van der Waals surface area contributed by atoms with Gasteiger partial charge in [-0.15, -0.1) is 0 Å². The van der Waals surface area contributed by atoms with Gasteiger partial charge in [0.15, 0.2) is 0 Å². The van der Waals surface area contributed by atoms with Gasteiger partial charge in [-0.05, 0) is 43.6 Å². The van der Waals surface area contributed by atoms with E-state index in [1.54, 1.807) is 5.57 Å². The highest BCUT2D eigenvalue weighted by atomic mass is 16.3. The number of aryl methyl sites for hydroxylation is 1. The van der Waals surface area contributed by atoms with E-state index in [4.69, 9.17) is 4.42 Å². The summed E-state index contributed by atoms with van der Waals surface area (Å²) in [6.45, 7) is 4.54. The molecule has 0 spiro atoms. The Kier molecular flexibility index (Phi) is 2.01. The van der Waals surface area contributed by atoms with Crippen molar-refractivity contribution in [1.82, 2.24) is 0 Å². The highest BCUT2D eigenvalue weighted by Gasteiger charge is 2.31. The molecule has 0 fully saturated rings. The molecule has 80 valence electrons. The minimum Gasteiger partial charge on any atom is -0.469 e. The van der Waals surface area contributed by atoms with Crippen molar-refractivity contribution in [2.45, 2.75) is 39.5 Å². The van der Waals surface area contributed by atoms with Gasteiger partial charge in [0.25, 0.3) is 0 Å². The summed E-state index contributed by atoms with van der Waals surface area (Å²) in [5.74, 6) is 2.83. The monoisotopic (exact) mass is 202 g/mol. The molecule has 1 aromatic rings. The maximum atomic E-state index is 5.68. The first-order valence-corrected chi connectivity index (χ1v) is 6.00. The quantitative estimate of drug-likeness (QED) is 0.585. The number of fused-ring (bicyclic) bond motifs is 2. The van der Waals surface area contributed by atoms with Crippen LogP contribution in [0.2, 0.25) is 0 Å². The van der Waals surface area contributed by atoms with Gasteiger partial charge in [0.1, 0.15) is 5.76 Å². The highest BCUT2D eigenvalue weighted by molar-refractivity contribution is 5.35. The van der Waals surface area contributed by atoms with Crippen molar-refractivity contribution >= 4 is 0 Å². The van der Waals surface area contributed by atoms with Crippen LogP contribution in [0, 0.1) is 18.8 Å². The van der Waals surface area contributed by atoms with Crippen LogP contribution in [0.1, 0.15) is 36.7 Å². The standard InChI is InChI=1S/C14H18O/c1-9-6-14-13(10(2)8-15-14)7-11-4-3-5-12(9)11/h4,8-9,12H,3,5-7H2,1-2H3. The van der Waals surface area contributed by atoms with E-state index in [0.717, 1.165) is 24.7 Å². The Hall–Kier alpha value is -0.980. The predicted octanol–water partition coefficient (Wildman–Crippen LogP) is 3.66. The van der Waals surface area contributed by atoms with E-state index in [0.29, 0.717) is 0 Å². The smallest absolute Gasteiger partial charge is 0.107 e. The van der Waals surface area contributed by atoms with Crippen LogP contribution in [0.25, 0.3) is 0 Å². The normalized spacial score (nSPS) is 29.3. The molecular weight excluding hydrogens is 184 g/mol. The molecular formula is C14H18O. The van der Waals surface area contributed by atoms with E-state index in [1.807, 2.05) is 6.26 Å². The molecule has 0 saturated heterocycles. The Morgan fingerprint density at radius 2 is 2.27 bits per heavy atom. The molecule has 2 unspecified atom stereocenters. The Morgan fingerprint density at radius 1 is 1.40 bits per heavy atom. The summed E-state index contributed by atoms with van der Waals surface area (Å²) in [5, 5.41) is 0. The van der Waals surface area contributed by atoms with Crippen LogP contribution in [0.4, 0.5) is 0 Å². The minimum absolute atomic E-state index is 0.755. The molecule has 1 heterocycles. The zero-order chi connectivity index (χ0) is 10.4. The summed E-state index contributed by atoms with van der Waals surface area (Å²) in [4.78, 5) is 0. The number of furan rings is 1. The van der Waals surface area contributed by atoms with Gasteiger partial charge in [-0.2, -0.15) is 0 Å². The summed E-state index contributed by atoms with van der Waals surface area (Å²) in [6, 6.07) is 0. The summed E-state index contributed by atoms with van der Waals surface area (Å²) in [5.41, 5.74) is 4.48. The first kappa shape index (κ1) is 9.26. The van der Waals surface area contributed by atoms with Crippen molar-refractivity contribution in [3.05, 3.63) is 34.8 Å². The van der Waals surface area contributed by atoms with Crippen molar-refractivity contribution in [3.8, 4) is 0 Å². The van der Waals surface area contributed by atoms with Crippen LogP contribution >= 0.6 is 0 Å². The summed E-state index contributed by atoms with van der Waals surface area (Å²) in [7, 11) is 0. The second-order valence-electron chi connectivity index (χ2n) is 5.14. The lowest BCUT2D eigenvalue weighted by Crippen LogP contribution is -2.11. The van der Waals surface area contributed by atoms with E-state index >= 15 is 0 Å². The molecule has 0 saturated carbocycles. The number of allylic oxidation sites excluding steroid dienone is 2. The van der Waals surface area contributed by atoms with Crippen LogP contribution in [-0.2, 0) is 12.8 Å². The molecule has 3 rings (SSSR count). The summed E-state index contributed by atoms with van der Waals surface area (Å²) in [6.07, 6.45) is 9.31. The second-order valence-corrected chi connectivity index (χ2v) is 5.14. The van der Waals surface area contributed by atoms with Gasteiger partial charge in [-0.25, -0.2) is 0 Å². The molecule has 15 heavy (non-hydrogen) atoms. The number of hydrogen-bond donors (Lipinski definition) is 0. The van der Waals surface area contributed by atoms with Gasteiger partial charge < -0.3 is 4.42 Å². The molecule has 0 bridgehead atoms. The van der Waals surface area contributed by atoms with Crippen molar-refractivity contribution in [2.75, 3.05) is 0 Å². The second kappa shape index (κ2) is 3.26. The van der Waals surface area contributed by atoms with Crippen molar-refractivity contribution in [3.63, 3.8) is 0 Å². The molecule has 2 aliphatic carbocycles. The molecule has 1 nitrogen and oxygen atoms in total. The van der Waals surface area contributed by atoms with Gasteiger partial charge in [-0.1, -0.05) is 18.6 Å². The molecule has 1 heteroatoms.